The van der Waals surface area contributed by atoms with E-state index in [2.05, 4.69) is 18.8 Å². The molecule has 3 aromatic carbocycles. The summed E-state index contributed by atoms with van der Waals surface area (Å²) in [5, 5.41) is 11.7. The Labute approximate surface area is 225 Å². The predicted octanol–water partition coefficient (Wildman–Crippen LogP) is 6.36. The molecule has 1 aliphatic rings. The monoisotopic (exact) mass is 528 g/mol. The fourth-order valence-electron chi connectivity index (χ4n) is 4.41. The number of hydrogen-bond donors (Lipinski definition) is 1. The number of methoxy groups -OCH3 is 1. The first-order chi connectivity index (χ1) is 18.4. The van der Waals surface area contributed by atoms with E-state index in [-0.39, 0.29) is 11.3 Å². The number of aliphatic hydroxyl groups is 1. The Balaban J connectivity index is 1.64. The number of anilines is 1. The van der Waals surface area contributed by atoms with Gasteiger partial charge in [-0.1, -0.05) is 67.6 Å². The number of Topliss-reactive ketones (excluding diaryl/α,β-unsaturated/α-hetero) is 1. The van der Waals surface area contributed by atoms with Crippen molar-refractivity contribution in [2.75, 3.05) is 18.6 Å². The lowest BCUT2D eigenvalue weighted by atomic mass is 9.95. The molecule has 1 saturated heterocycles. The highest BCUT2D eigenvalue weighted by atomic mass is 32.1. The van der Waals surface area contributed by atoms with Crippen molar-refractivity contribution in [2.45, 2.75) is 26.3 Å². The standard InChI is InChI=1S/C30H28N2O5S/c1-18(2)14-15-37-22-11-7-10-20(16-22)26-25(27(33)19-8-5-4-6-9-19)28(34)29(35)32(26)30-31-23-13-12-21(36-3)17-24(23)38-30/h4-13,16-18,26,33H,14-15H2,1-3H3/b27-25+. The quantitative estimate of drug-likeness (QED) is 0.163. The SMILES string of the molecule is COc1ccc2nc(N3C(=O)C(=O)/C(=C(/O)c4ccccc4)C3c3cccc(OCCC(C)C)c3)sc2c1. The highest BCUT2D eigenvalue weighted by molar-refractivity contribution is 7.22. The van der Waals surface area contributed by atoms with Crippen LogP contribution in [-0.2, 0) is 9.59 Å². The predicted molar refractivity (Wildman–Crippen MR) is 149 cm³/mol. The fourth-order valence-corrected chi connectivity index (χ4v) is 5.43. The van der Waals surface area contributed by atoms with Crippen LogP contribution in [0.15, 0.2) is 78.4 Å². The van der Waals surface area contributed by atoms with Gasteiger partial charge in [-0.25, -0.2) is 4.98 Å². The molecule has 2 heterocycles. The number of amides is 1. The Morgan fingerprint density at radius 1 is 1.03 bits per heavy atom. The van der Waals surface area contributed by atoms with Gasteiger partial charge >= 0.3 is 5.91 Å². The number of carbonyl (C=O) groups is 2. The molecule has 5 rings (SSSR count). The molecule has 194 valence electrons. The molecule has 7 nitrogen and oxygen atoms in total. The van der Waals surface area contributed by atoms with E-state index in [0.717, 1.165) is 11.1 Å². The third-order valence-electron chi connectivity index (χ3n) is 6.42. The second-order valence-corrected chi connectivity index (χ2v) is 10.5. The van der Waals surface area contributed by atoms with E-state index in [9.17, 15) is 14.7 Å². The lowest BCUT2D eigenvalue weighted by Crippen LogP contribution is -2.29. The van der Waals surface area contributed by atoms with Crippen molar-refractivity contribution in [2.24, 2.45) is 5.92 Å². The Bertz CT molecular complexity index is 1530. The maximum atomic E-state index is 13.5. The van der Waals surface area contributed by atoms with E-state index in [1.807, 2.05) is 42.5 Å². The number of ether oxygens (including phenoxy) is 2. The van der Waals surface area contributed by atoms with E-state index in [1.165, 1.54) is 16.2 Å². The second kappa shape index (κ2) is 10.7. The summed E-state index contributed by atoms with van der Waals surface area (Å²) in [6.45, 7) is 4.81. The summed E-state index contributed by atoms with van der Waals surface area (Å²) in [6.07, 6.45) is 0.895. The minimum Gasteiger partial charge on any atom is -0.507 e. The second-order valence-electron chi connectivity index (χ2n) is 9.47. The Kier molecular flexibility index (Phi) is 7.15. The smallest absolute Gasteiger partial charge is 0.301 e. The summed E-state index contributed by atoms with van der Waals surface area (Å²) in [5.74, 6) is 0.0483. The highest BCUT2D eigenvalue weighted by Gasteiger charge is 2.48. The minimum absolute atomic E-state index is 0.0115. The largest absolute Gasteiger partial charge is 0.507 e. The van der Waals surface area contributed by atoms with Crippen molar-refractivity contribution < 1.29 is 24.2 Å². The van der Waals surface area contributed by atoms with E-state index in [4.69, 9.17) is 9.47 Å². The van der Waals surface area contributed by atoms with Crippen molar-refractivity contribution >= 4 is 44.1 Å². The van der Waals surface area contributed by atoms with Crippen molar-refractivity contribution in [3.8, 4) is 11.5 Å². The van der Waals surface area contributed by atoms with Crippen LogP contribution in [0.3, 0.4) is 0 Å². The van der Waals surface area contributed by atoms with Crippen LogP contribution >= 0.6 is 11.3 Å². The van der Waals surface area contributed by atoms with Crippen molar-refractivity contribution in [1.82, 2.24) is 4.98 Å². The van der Waals surface area contributed by atoms with Crippen LogP contribution in [0.2, 0.25) is 0 Å². The molecule has 0 aliphatic carbocycles. The molecule has 38 heavy (non-hydrogen) atoms. The molecule has 1 N–H and O–H groups in total. The third kappa shape index (κ3) is 4.87. The summed E-state index contributed by atoms with van der Waals surface area (Å²) in [5.41, 5.74) is 1.78. The molecular formula is C30H28N2O5S. The zero-order valence-electron chi connectivity index (χ0n) is 21.4. The van der Waals surface area contributed by atoms with Crippen LogP contribution in [0.4, 0.5) is 5.13 Å². The molecule has 1 unspecified atom stereocenters. The first-order valence-corrected chi connectivity index (χ1v) is 13.2. The van der Waals surface area contributed by atoms with Gasteiger partial charge in [0.2, 0.25) is 0 Å². The summed E-state index contributed by atoms with van der Waals surface area (Å²) < 4.78 is 12.1. The molecule has 0 bridgehead atoms. The van der Waals surface area contributed by atoms with Gasteiger partial charge in [0.15, 0.2) is 5.13 Å². The van der Waals surface area contributed by atoms with Crippen LogP contribution in [0.1, 0.15) is 37.4 Å². The number of aliphatic hydroxyl groups excluding tert-OH is 1. The maximum absolute atomic E-state index is 13.5. The number of carbonyl (C=O) groups excluding carboxylic acids is 2. The number of ketones is 1. The van der Waals surface area contributed by atoms with Gasteiger partial charge in [0.05, 0.1) is 35.5 Å². The maximum Gasteiger partial charge on any atom is 0.301 e. The molecule has 0 radical (unpaired) electrons. The van der Waals surface area contributed by atoms with Gasteiger partial charge in [0.1, 0.15) is 17.3 Å². The van der Waals surface area contributed by atoms with E-state index < -0.39 is 17.7 Å². The molecule has 4 aromatic rings. The van der Waals surface area contributed by atoms with Gasteiger partial charge in [-0.15, -0.1) is 0 Å². The average molecular weight is 529 g/mol. The first kappa shape index (κ1) is 25.5. The Morgan fingerprint density at radius 3 is 2.55 bits per heavy atom. The van der Waals surface area contributed by atoms with Gasteiger partial charge in [0.25, 0.3) is 5.78 Å². The summed E-state index contributed by atoms with van der Waals surface area (Å²) in [7, 11) is 1.58. The summed E-state index contributed by atoms with van der Waals surface area (Å²) in [6, 6.07) is 20.6. The van der Waals surface area contributed by atoms with Gasteiger partial charge in [-0.3, -0.25) is 14.5 Å². The number of benzene rings is 3. The zero-order chi connectivity index (χ0) is 26.8. The molecule has 1 fully saturated rings. The Morgan fingerprint density at radius 2 is 1.82 bits per heavy atom. The van der Waals surface area contributed by atoms with Gasteiger partial charge in [0, 0.05) is 5.56 Å². The van der Waals surface area contributed by atoms with Crippen LogP contribution in [0, 0.1) is 5.92 Å². The lowest BCUT2D eigenvalue weighted by Gasteiger charge is -2.23. The van der Waals surface area contributed by atoms with Crippen LogP contribution in [-0.4, -0.2) is 35.5 Å². The van der Waals surface area contributed by atoms with Crippen molar-refractivity contribution in [1.29, 1.82) is 0 Å². The average Bonchev–Trinajstić information content (AvgIpc) is 3.46. The normalized spacial score (nSPS) is 16.9. The van der Waals surface area contributed by atoms with Gasteiger partial charge in [-0.2, -0.15) is 0 Å². The zero-order valence-corrected chi connectivity index (χ0v) is 22.2. The topological polar surface area (TPSA) is 89.0 Å². The van der Waals surface area contributed by atoms with Gasteiger partial charge < -0.3 is 14.6 Å². The Hall–Kier alpha value is -4.17. The van der Waals surface area contributed by atoms with Gasteiger partial charge in [-0.05, 0) is 48.2 Å². The summed E-state index contributed by atoms with van der Waals surface area (Å²) >= 11 is 1.29. The van der Waals surface area contributed by atoms with Crippen molar-refractivity contribution in [3.63, 3.8) is 0 Å². The molecule has 0 saturated carbocycles. The van der Waals surface area contributed by atoms with Crippen LogP contribution in [0.25, 0.3) is 16.0 Å². The number of rotatable bonds is 8. The molecule has 1 amide bonds. The first-order valence-electron chi connectivity index (χ1n) is 12.4. The number of thiazole rings is 1. The molecule has 1 aromatic heterocycles. The van der Waals surface area contributed by atoms with E-state index in [0.29, 0.717) is 45.8 Å². The fraction of sp³-hybridized carbons (Fsp3) is 0.233. The number of nitrogens with zero attached hydrogens (tertiary/aromatic N) is 2. The van der Waals surface area contributed by atoms with Crippen LogP contribution in [0.5, 0.6) is 11.5 Å². The van der Waals surface area contributed by atoms with E-state index in [1.54, 1.807) is 37.4 Å². The number of aromatic nitrogens is 1. The lowest BCUT2D eigenvalue weighted by molar-refractivity contribution is -0.132. The minimum atomic E-state index is -0.883. The third-order valence-corrected chi connectivity index (χ3v) is 7.44. The molecule has 8 heteroatoms. The van der Waals surface area contributed by atoms with E-state index >= 15 is 0 Å². The number of hydrogen-bond acceptors (Lipinski definition) is 7. The molecule has 0 spiro atoms. The molecular weight excluding hydrogens is 500 g/mol. The summed E-state index contributed by atoms with van der Waals surface area (Å²) in [4.78, 5) is 33.0. The molecule has 1 atom stereocenters. The van der Waals surface area contributed by atoms with Crippen LogP contribution < -0.4 is 14.4 Å². The molecule has 1 aliphatic heterocycles. The van der Waals surface area contributed by atoms with Crippen molar-refractivity contribution in [3.05, 3.63) is 89.5 Å². The number of fused-ring (bicyclic) bond motifs is 1. The highest BCUT2D eigenvalue weighted by Crippen LogP contribution is 2.45.